The Labute approximate surface area is 156 Å². The van der Waals surface area contributed by atoms with Gasteiger partial charge in [-0.3, -0.25) is 4.79 Å². The first kappa shape index (κ1) is 19.2. The number of aryl methyl sites for hydroxylation is 1. The molecule has 0 bridgehead atoms. The topological polar surface area (TPSA) is 66.9 Å². The number of amides is 1. The maximum atomic E-state index is 13.3. The first-order valence-corrected chi connectivity index (χ1v) is 10.7. The van der Waals surface area contributed by atoms with Gasteiger partial charge in [0.1, 0.15) is 16.7 Å². The van der Waals surface area contributed by atoms with Crippen LogP contribution < -0.4 is 4.74 Å². The summed E-state index contributed by atoms with van der Waals surface area (Å²) in [5.74, 6) is 0.893. The Kier molecular flexibility index (Phi) is 5.58. The van der Waals surface area contributed by atoms with E-state index < -0.39 is 16.1 Å². The fraction of sp³-hybridized carbons (Fsp3) is 0.632. The number of piperidine rings is 1. The van der Waals surface area contributed by atoms with Gasteiger partial charge in [-0.15, -0.1) is 0 Å². The van der Waals surface area contributed by atoms with E-state index in [1.165, 1.54) is 11.4 Å². The number of benzene rings is 1. The van der Waals surface area contributed by atoms with Gasteiger partial charge in [0.05, 0.1) is 7.11 Å². The van der Waals surface area contributed by atoms with Crippen LogP contribution in [-0.4, -0.2) is 56.3 Å². The molecule has 1 atom stereocenters. The van der Waals surface area contributed by atoms with Crippen molar-refractivity contribution in [2.75, 3.05) is 26.7 Å². The quantitative estimate of drug-likeness (QED) is 0.805. The van der Waals surface area contributed by atoms with E-state index in [1.54, 1.807) is 12.1 Å². The van der Waals surface area contributed by atoms with Crippen LogP contribution in [0.2, 0.25) is 0 Å². The molecule has 2 aliphatic rings. The molecule has 2 fully saturated rings. The van der Waals surface area contributed by atoms with Crippen LogP contribution in [0.4, 0.5) is 0 Å². The summed E-state index contributed by atoms with van der Waals surface area (Å²) in [6, 6.07) is 4.51. The molecule has 2 aliphatic heterocycles. The van der Waals surface area contributed by atoms with Crippen molar-refractivity contribution in [3.63, 3.8) is 0 Å². The lowest BCUT2D eigenvalue weighted by atomic mass is 9.98. The Bertz CT molecular complexity index is 770. The fourth-order valence-electron chi connectivity index (χ4n) is 3.83. The molecule has 0 spiro atoms. The van der Waals surface area contributed by atoms with Gasteiger partial charge in [0.2, 0.25) is 15.9 Å². The van der Waals surface area contributed by atoms with Gasteiger partial charge in [-0.05, 0) is 56.2 Å². The van der Waals surface area contributed by atoms with Crippen molar-refractivity contribution in [3.05, 3.63) is 23.8 Å². The van der Waals surface area contributed by atoms with Crippen molar-refractivity contribution in [2.45, 2.75) is 50.5 Å². The van der Waals surface area contributed by atoms with Crippen LogP contribution in [0.25, 0.3) is 0 Å². The molecule has 6 nitrogen and oxygen atoms in total. The van der Waals surface area contributed by atoms with Crippen LogP contribution in [0.3, 0.4) is 0 Å². The number of rotatable bonds is 4. The number of carbonyl (C=O) groups is 1. The molecule has 0 unspecified atom stereocenters. The summed E-state index contributed by atoms with van der Waals surface area (Å²) in [6.45, 7) is 5.86. The molecule has 7 heteroatoms. The minimum absolute atomic E-state index is 0.0513. The molecule has 0 N–H and O–H groups in total. The molecule has 144 valence electrons. The molecule has 0 aromatic heterocycles. The number of likely N-dealkylation sites (tertiary alicyclic amines) is 1. The van der Waals surface area contributed by atoms with Gasteiger partial charge in [0, 0.05) is 19.6 Å². The average Bonchev–Trinajstić information content (AvgIpc) is 3.12. The fourth-order valence-corrected chi connectivity index (χ4v) is 5.72. The Morgan fingerprint density at radius 2 is 1.85 bits per heavy atom. The van der Waals surface area contributed by atoms with E-state index in [0.29, 0.717) is 31.1 Å². The van der Waals surface area contributed by atoms with E-state index >= 15 is 0 Å². The lowest BCUT2D eigenvalue weighted by molar-refractivity contribution is -0.135. The minimum Gasteiger partial charge on any atom is -0.495 e. The number of ether oxygens (including phenoxy) is 1. The minimum atomic E-state index is -3.79. The van der Waals surface area contributed by atoms with E-state index in [4.69, 9.17) is 4.74 Å². The van der Waals surface area contributed by atoms with Crippen molar-refractivity contribution in [1.29, 1.82) is 0 Å². The number of hydrogen-bond acceptors (Lipinski definition) is 4. The third-order valence-corrected chi connectivity index (χ3v) is 7.42. The maximum absolute atomic E-state index is 13.3. The van der Waals surface area contributed by atoms with Crippen LogP contribution in [0.1, 0.15) is 38.2 Å². The van der Waals surface area contributed by atoms with E-state index in [-0.39, 0.29) is 10.8 Å². The Morgan fingerprint density at radius 3 is 2.50 bits per heavy atom. The second-order valence-corrected chi connectivity index (χ2v) is 9.29. The molecule has 2 heterocycles. The average molecular weight is 381 g/mol. The van der Waals surface area contributed by atoms with Gasteiger partial charge >= 0.3 is 0 Å². The normalized spacial score (nSPS) is 22.6. The lowest BCUT2D eigenvalue weighted by Crippen LogP contribution is -2.49. The molecular weight excluding hydrogens is 352 g/mol. The van der Waals surface area contributed by atoms with E-state index in [9.17, 15) is 13.2 Å². The number of carbonyl (C=O) groups excluding carboxylic acids is 1. The number of hydrogen-bond donors (Lipinski definition) is 0. The summed E-state index contributed by atoms with van der Waals surface area (Å²) in [4.78, 5) is 15.0. The standard InChI is InChI=1S/C19H28N2O4S/c1-14-8-11-20(12-9-14)19(22)16-5-4-10-21(16)26(23,24)18-13-15(2)6-7-17(18)25-3/h6-7,13-14,16H,4-5,8-12H2,1-3H3/t16-/m1/s1. The number of methoxy groups -OCH3 is 1. The molecule has 1 amide bonds. The Hall–Kier alpha value is -1.60. The smallest absolute Gasteiger partial charge is 0.247 e. The van der Waals surface area contributed by atoms with E-state index in [1.807, 2.05) is 17.9 Å². The summed E-state index contributed by atoms with van der Waals surface area (Å²) >= 11 is 0. The van der Waals surface area contributed by atoms with Gasteiger partial charge < -0.3 is 9.64 Å². The van der Waals surface area contributed by atoms with Gasteiger partial charge in [-0.1, -0.05) is 13.0 Å². The summed E-state index contributed by atoms with van der Waals surface area (Å²) in [6.07, 6.45) is 3.25. The maximum Gasteiger partial charge on any atom is 0.247 e. The number of nitrogens with zero attached hydrogens (tertiary/aromatic N) is 2. The highest BCUT2D eigenvalue weighted by Crippen LogP contribution is 2.33. The highest BCUT2D eigenvalue weighted by Gasteiger charge is 2.42. The second kappa shape index (κ2) is 7.56. The third kappa shape index (κ3) is 3.60. The SMILES string of the molecule is COc1ccc(C)cc1S(=O)(=O)N1CCC[C@@H]1C(=O)N1CCC(C)CC1. The van der Waals surface area contributed by atoms with Gasteiger partial charge in [0.25, 0.3) is 0 Å². The molecule has 1 aromatic rings. The van der Waals surface area contributed by atoms with Crippen LogP contribution >= 0.6 is 0 Å². The van der Waals surface area contributed by atoms with Crippen molar-refractivity contribution < 1.29 is 17.9 Å². The molecule has 2 saturated heterocycles. The molecule has 0 saturated carbocycles. The molecular formula is C19H28N2O4S. The largest absolute Gasteiger partial charge is 0.495 e. The van der Waals surface area contributed by atoms with E-state index in [2.05, 4.69) is 6.92 Å². The van der Waals surface area contributed by atoms with Crippen LogP contribution in [-0.2, 0) is 14.8 Å². The zero-order valence-electron chi connectivity index (χ0n) is 15.8. The zero-order chi connectivity index (χ0) is 18.9. The molecule has 26 heavy (non-hydrogen) atoms. The van der Waals surface area contributed by atoms with Gasteiger partial charge in [-0.25, -0.2) is 8.42 Å². The molecule has 3 rings (SSSR count). The predicted molar refractivity (Wildman–Crippen MR) is 99.6 cm³/mol. The number of sulfonamides is 1. The van der Waals surface area contributed by atoms with Crippen molar-refractivity contribution in [2.24, 2.45) is 5.92 Å². The summed E-state index contributed by atoms with van der Waals surface area (Å²) in [5, 5.41) is 0. The summed E-state index contributed by atoms with van der Waals surface area (Å²) in [5.41, 5.74) is 0.844. The Morgan fingerprint density at radius 1 is 1.15 bits per heavy atom. The van der Waals surface area contributed by atoms with Crippen LogP contribution in [0.15, 0.2) is 23.1 Å². The predicted octanol–water partition coefficient (Wildman–Crippen LogP) is 2.42. The third-order valence-electron chi connectivity index (χ3n) is 5.49. The summed E-state index contributed by atoms with van der Waals surface area (Å²) in [7, 11) is -2.32. The first-order chi connectivity index (χ1) is 12.3. The highest BCUT2D eigenvalue weighted by atomic mass is 32.2. The molecule has 0 aliphatic carbocycles. The zero-order valence-corrected chi connectivity index (χ0v) is 16.6. The second-order valence-electron chi connectivity index (χ2n) is 7.44. The van der Waals surface area contributed by atoms with Crippen LogP contribution in [0.5, 0.6) is 5.75 Å². The van der Waals surface area contributed by atoms with Crippen LogP contribution in [0, 0.1) is 12.8 Å². The highest BCUT2D eigenvalue weighted by molar-refractivity contribution is 7.89. The monoisotopic (exact) mass is 380 g/mol. The first-order valence-electron chi connectivity index (χ1n) is 9.30. The molecule has 0 radical (unpaired) electrons. The lowest BCUT2D eigenvalue weighted by Gasteiger charge is -2.34. The van der Waals surface area contributed by atoms with E-state index in [0.717, 1.165) is 31.5 Å². The van der Waals surface area contributed by atoms with Crippen molar-refractivity contribution in [3.8, 4) is 5.75 Å². The van der Waals surface area contributed by atoms with Crippen molar-refractivity contribution >= 4 is 15.9 Å². The summed E-state index contributed by atoms with van der Waals surface area (Å²) < 4.78 is 33.2. The molecule has 1 aromatic carbocycles. The van der Waals surface area contributed by atoms with Gasteiger partial charge in [0.15, 0.2) is 0 Å². The van der Waals surface area contributed by atoms with Crippen molar-refractivity contribution in [1.82, 2.24) is 9.21 Å². The van der Waals surface area contributed by atoms with Gasteiger partial charge in [-0.2, -0.15) is 4.31 Å². The Balaban J connectivity index is 1.87.